The van der Waals surface area contributed by atoms with Gasteiger partial charge in [-0.3, -0.25) is 4.79 Å². The minimum atomic E-state index is -0.225. The lowest BCUT2D eigenvalue weighted by Gasteiger charge is -2.23. The molecule has 1 aliphatic rings. The van der Waals surface area contributed by atoms with Crippen LogP contribution in [0.2, 0.25) is 0 Å². The lowest BCUT2D eigenvalue weighted by atomic mass is 9.80. The minimum Gasteiger partial charge on any atom is -0.469 e. The predicted molar refractivity (Wildman–Crippen MR) is 57.2 cm³/mol. The largest absolute Gasteiger partial charge is 0.469 e. The van der Waals surface area contributed by atoms with Crippen molar-refractivity contribution in [2.45, 2.75) is 19.3 Å². The first-order chi connectivity index (χ1) is 7.17. The van der Waals surface area contributed by atoms with Crippen LogP contribution < -0.4 is 0 Å². The molecule has 0 N–H and O–H groups in total. The highest BCUT2D eigenvalue weighted by atomic mass is 16.5. The number of methoxy groups -OCH3 is 1. The minimum absolute atomic E-state index is 0.0350. The van der Waals surface area contributed by atoms with Gasteiger partial charge >= 0.3 is 5.97 Å². The highest BCUT2D eigenvalue weighted by molar-refractivity contribution is 5.69. The monoisotopic (exact) mass is 208 g/mol. The second kappa shape index (κ2) is 5.49. The molecule has 0 spiro atoms. The second-order valence-electron chi connectivity index (χ2n) is 3.80. The smallest absolute Gasteiger partial charge is 0.305 e. The van der Waals surface area contributed by atoms with Crippen molar-refractivity contribution >= 4 is 12.3 Å². The number of ether oxygens (including phenoxy) is 1. The number of carbonyl (C=O) groups is 2. The van der Waals surface area contributed by atoms with Crippen LogP contribution in [0.5, 0.6) is 0 Å². The maximum Gasteiger partial charge on any atom is 0.305 e. The molecule has 1 rings (SSSR count). The van der Waals surface area contributed by atoms with Gasteiger partial charge in [-0.2, -0.15) is 0 Å². The van der Waals surface area contributed by atoms with Gasteiger partial charge in [0.15, 0.2) is 0 Å². The van der Waals surface area contributed by atoms with Crippen molar-refractivity contribution in [2.75, 3.05) is 7.11 Å². The van der Waals surface area contributed by atoms with Crippen LogP contribution in [0.25, 0.3) is 0 Å². The van der Waals surface area contributed by atoms with Gasteiger partial charge in [-0.1, -0.05) is 24.3 Å². The van der Waals surface area contributed by atoms with Crippen molar-refractivity contribution in [3.8, 4) is 0 Å². The molecule has 0 aromatic rings. The van der Waals surface area contributed by atoms with Gasteiger partial charge in [0.1, 0.15) is 6.29 Å². The van der Waals surface area contributed by atoms with E-state index >= 15 is 0 Å². The van der Waals surface area contributed by atoms with Crippen molar-refractivity contribution in [1.29, 1.82) is 0 Å². The molecule has 3 nitrogen and oxygen atoms in total. The van der Waals surface area contributed by atoms with E-state index in [2.05, 4.69) is 11.3 Å². The number of rotatable bonds is 4. The van der Waals surface area contributed by atoms with Crippen LogP contribution in [0, 0.1) is 11.8 Å². The number of allylic oxidation sites excluding steroid dienone is 3. The summed E-state index contributed by atoms with van der Waals surface area (Å²) in [5.74, 6) is -0.114. The summed E-state index contributed by atoms with van der Waals surface area (Å²) in [7, 11) is 1.37. The summed E-state index contributed by atoms with van der Waals surface area (Å²) in [6.07, 6.45) is 6.58. The van der Waals surface area contributed by atoms with E-state index in [1.54, 1.807) is 0 Å². The van der Waals surface area contributed by atoms with Gasteiger partial charge in [0.2, 0.25) is 0 Å². The molecule has 2 unspecified atom stereocenters. The molecular weight excluding hydrogens is 192 g/mol. The Labute approximate surface area is 89.8 Å². The van der Waals surface area contributed by atoms with E-state index in [-0.39, 0.29) is 17.8 Å². The average molecular weight is 208 g/mol. The highest BCUT2D eigenvalue weighted by Gasteiger charge is 2.23. The Morgan fingerprint density at radius 3 is 3.07 bits per heavy atom. The number of carbonyl (C=O) groups excluding carboxylic acids is 2. The fraction of sp³-hybridized carbons (Fsp3) is 0.500. The van der Waals surface area contributed by atoms with E-state index in [4.69, 9.17) is 0 Å². The van der Waals surface area contributed by atoms with E-state index in [0.717, 1.165) is 11.9 Å². The van der Waals surface area contributed by atoms with Crippen molar-refractivity contribution in [2.24, 2.45) is 11.8 Å². The lowest BCUT2D eigenvalue weighted by molar-refractivity contribution is -0.141. The van der Waals surface area contributed by atoms with Gasteiger partial charge in [0.25, 0.3) is 0 Å². The van der Waals surface area contributed by atoms with Gasteiger partial charge in [-0.25, -0.2) is 0 Å². The molecule has 0 amide bonds. The van der Waals surface area contributed by atoms with E-state index in [0.29, 0.717) is 19.3 Å². The summed E-state index contributed by atoms with van der Waals surface area (Å²) in [4.78, 5) is 21.8. The Hall–Kier alpha value is -1.38. The summed E-state index contributed by atoms with van der Waals surface area (Å²) in [5, 5.41) is 0. The second-order valence-corrected chi connectivity index (χ2v) is 3.80. The number of hydrogen-bond donors (Lipinski definition) is 0. The zero-order chi connectivity index (χ0) is 11.3. The summed E-state index contributed by atoms with van der Waals surface area (Å²) in [6, 6.07) is 0. The first-order valence-corrected chi connectivity index (χ1v) is 5.05. The lowest BCUT2D eigenvalue weighted by Crippen LogP contribution is -2.19. The summed E-state index contributed by atoms with van der Waals surface area (Å²) in [6.45, 7) is 3.82. The van der Waals surface area contributed by atoms with E-state index in [1.165, 1.54) is 7.11 Å². The maximum atomic E-state index is 11.0. The third-order valence-electron chi connectivity index (χ3n) is 2.71. The quantitative estimate of drug-likeness (QED) is 0.523. The summed E-state index contributed by atoms with van der Waals surface area (Å²) < 4.78 is 4.56. The van der Waals surface area contributed by atoms with Crippen molar-refractivity contribution in [1.82, 2.24) is 0 Å². The molecule has 0 fully saturated rings. The first-order valence-electron chi connectivity index (χ1n) is 5.05. The molecular formula is C12H16O3. The molecule has 0 aromatic carbocycles. The number of aldehydes is 1. The van der Waals surface area contributed by atoms with Gasteiger partial charge in [-0.15, -0.1) is 0 Å². The van der Waals surface area contributed by atoms with E-state index < -0.39 is 0 Å². The molecule has 82 valence electrons. The molecule has 15 heavy (non-hydrogen) atoms. The molecule has 0 radical (unpaired) electrons. The fourth-order valence-corrected chi connectivity index (χ4v) is 1.77. The summed E-state index contributed by atoms with van der Waals surface area (Å²) in [5.41, 5.74) is 0.974. The van der Waals surface area contributed by atoms with Gasteiger partial charge < -0.3 is 9.53 Å². The maximum absolute atomic E-state index is 11.0. The van der Waals surface area contributed by atoms with Crippen LogP contribution in [-0.2, 0) is 14.3 Å². The van der Waals surface area contributed by atoms with Crippen LogP contribution in [0.4, 0.5) is 0 Å². The Morgan fingerprint density at radius 2 is 2.47 bits per heavy atom. The molecule has 1 aliphatic carbocycles. The molecule has 3 heteroatoms. The van der Waals surface area contributed by atoms with Gasteiger partial charge in [-0.05, 0) is 18.8 Å². The van der Waals surface area contributed by atoms with Gasteiger partial charge in [0, 0.05) is 12.3 Å². The zero-order valence-corrected chi connectivity index (χ0v) is 8.94. The Balaban J connectivity index is 2.52. The predicted octanol–water partition coefficient (Wildman–Crippen LogP) is 1.89. The standard InChI is InChI=1S/C12H16O3/c1-9-3-4-10(11(7-9)8-13)5-6-12(14)15-2/h3-4,8,10-11H,1,5-7H2,2H3. The molecule has 0 heterocycles. The molecule has 0 saturated heterocycles. The third-order valence-corrected chi connectivity index (χ3v) is 2.71. The molecule has 0 aromatic heterocycles. The molecule has 2 atom stereocenters. The Bertz CT molecular complexity index is 291. The molecule has 0 saturated carbocycles. The van der Waals surface area contributed by atoms with Gasteiger partial charge in [0.05, 0.1) is 7.11 Å². The summed E-state index contributed by atoms with van der Waals surface area (Å²) >= 11 is 0. The van der Waals surface area contributed by atoms with Crippen molar-refractivity contribution < 1.29 is 14.3 Å². The Morgan fingerprint density at radius 1 is 1.73 bits per heavy atom. The third kappa shape index (κ3) is 3.35. The van der Waals surface area contributed by atoms with E-state index in [9.17, 15) is 9.59 Å². The molecule has 0 aliphatic heterocycles. The topological polar surface area (TPSA) is 43.4 Å². The number of hydrogen-bond acceptors (Lipinski definition) is 3. The van der Waals surface area contributed by atoms with E-state index in [1.807, 2.05) is 12.2 Å². The van der Waals surface area contributed by atoms with Crippen LogP contribution in [0.15, 0.2) is 24.3 Å². The normalized spacial score (nSPS) is 25.0. The van der Waals surface area contributed by atoms with Crippen LogP contribution in [0.1, 0.15) is 19.3 Å². The number of esters is 1. The molecule has 0 bridgehead atoms. The van der Waals surface area contributed by atoms with Crippen LogP contribution in [0.3, 0.4) is 0 Å². The fourth-order valence-electron chi connectivity index (χ4n) is 1.77. The Kier molecular flexibility index (Phi) is 4.28. The zero-order valence-electron chi connectivity index (χ0n) is 8.94. The first kappa shape index (κ1) is 11.7. The average Bonchev–Trinajstić information content (AvgIpc) is 2.26. The van der Waals surface area contributed by atoms with Crippen molar-refractivity contribution in [3.63, 3.8) is 0 Å². The van der Waals surface area contributed by atoms with Crippen LogP contribution >= 0.6 is 0 Å². The SMILES string of the molecule is C=C1C=CC(CCC(=O)OC)C(C=O)C1. The highest BCUT2D eigenvalue weighted by Crippen LogP contribution is 2.29. The van der Waals surface area contributed by atoms with Crippen LogP contribution in [-0.4, -0.2) is 19.4 Å². The van der Waals surface area contributed by atoms with Crippen molar-refractivity contribution in [3.05, 3.63) is 24.3 Å².